The first-order chi connectivity index (χ1) is 14.7. The van der Waals surface area contributed by atoms with E-state index in [0.717, 1.165) is 36.0 Å². The summed E-state index contributed by atoms with van der Waals surface area (Å²) in [6.07, 6.45) is 9.12. The van der Waals surface area contributed by atoms with Crippen LogP contribution in [0.5, 0.6) is 0 Å². The van der Waals surface area contributed by atoms with Crippen molar-refractivity contribution in [3.8, 4) is 11.1 Å². The minimum absolute atomic E-state index is 0.121. The highest BCUT2D eigenvalue weighted by molar-refractivity contribution is 5.83. The van der Waals surface area contributed by atoms with Crippen LogP contribution in [0.4, 0.5) is 0 Å². The molecule has 0 unspecified atom stereocenters. The molecule has 2 fully saturated rings. The van der Waals surface area contributed by atoms with E-state index in [-0.39, 0.29) is 23.7 Å². The van der Waals surface area contributed by atoms with Crippen molar-refractivity contribution in [2.45, 2.75) is 25.7 Å². The molecule has 2 heterocycles. The van der Waals surface area contributed by atoms with Gasteiger partial charge in [-0.05, 0) is 42.0 Å². The van der Waals surface area contributed by atoms with Gasteiger partial charge < -0.3 is 9.80 Å². The molecule has 156 valence electrons. The first-order valence-corrected chi connectivity index (χ1v) is 10.8. The van der Waals surface area contributed by atoms with E-state index in [4.69, 9.17) is 0 Å². The second kappa shape index (κ2) is 9.24. The standard InChI is InChI=1S/C25H29N3O2/c1-2-13-27-14-15-28(24(29)21-5-3-6-21)18-23(25(27)30)16-19-8-10-20(11-9-19)22-7-4-12-26-17-22/h2,4,7-12,17,21,23H,1,3,5-6,13-16,18H2/t23-/m1/s1. The van der Waals surface area contributed by atoms with Gasteiger partial charge in [0.15, 0.2) is 0 Å². The number of pyridine rings is 1. The predicted octanol–water partition coefficient (Wildman–Crippen LogP) is 3.56. The van der Waals surface area contributed by atoms with E-state index in [1.54, 1.807) is 12.3 Å². The Morgan fingerprint density at radius 3 is 2.57 bits per heavy atom. The molecule has 1 aromatic heterocycles. The van der Waals surface area contributed by atoms with Crippen molar-refractivity contribution in [3.05, 3.63) is 67.0 Å². The van der Waals surface area contributed by atoms with E-state index < -0.39 is 0 Å². The Kier molecular flexibility index (Phi) is 6.26. The molecule has 1 saturated carbocycles. The van der Waals surface area contributed by atoms with Crippen LogP contribution < -0.4 is 0 Å². The summed E-state index contributed by atoms with van der Waals surface area (Å²) >= 11 is 0. The van der Waals surface area contributed by atoms with E-state index in [1.165, 1.54) is 0 Å². The fourth-order valence-corrected chi connectivity index (χ4v) is 4.30. The Morgan fingerprint density at radius 1 is 1.13 bits per heavy atom. The predicted molar refractivity (Wildman–Crippen MR) is 118 cm³/mol. The molecule has 0 bridgehead atoms. The van der Waals surface area contributed by atoms with Gasteiger partial charge in [-0.3, -0.25) is 14.6 Å². The third kappa shape index (κ3) is 4.45. The lowest BCUT2D eigenvalue weighted by molar-refractivity contribution is -0.138. The largest absolute Gasteiger partial charge is 0.340 e. The zero-order valence-corrected chi connectivity index (χ0v) is 17.4. The van der Waals surface area contributed by atoms with Crippen LogP contribution in [0.1, 0.15) is 24.8 Å². The van der Waals surface area contributed by atoms with Gasteiger partial charge in [-0.2, -0.15) is 0 Å². The fraction of sp³-hybridized carbons (Fsp3) is 0.400. The van der Waals surface area contributed by atoms with Gasteiger partial charge in [0.1, 0.15) is 0 Å². The molecule has 5 heteroatoms. The van der Waals surface area contributed by atoms with Crippen molar-refractivity contribution >= 4 is 11.8 Å². The molecule has 1 atom stereocenters. The molecular weight excluding hydrogens is 374 g/mol. The first-order valence-electron chi connectivity index (χ1n) is 10.8. The number of aromatic nitrogens is 1. The topological polar surface area (TPSA) is 53.5 Å². The second-order valence-electron chi connectivity index (χ2n) is 8.32. The number of hydrogen-bond acceptors (Lipinski definition) is 3. The molecule has 2 amide bonds. The van der Waals surface area contributed by atoms with Gasteiger partial charge >= 0.3 is 0 Å². The van der Waals surface area contributed by atoms with Crippen molar-refractivity contribution in [2.24, 2.45) is 11.8 Å². The number of amides is 2. The van der Waals surface area contributed by atoms with Gasteiger partial charge in [0, 0.05) is 44.5 Å². The molecule has 1 aliphatic heterocycles. The van der Waals surface area contributed by atoms with Crippen LogP contribution in [0.2, 0.25) is 0 Å². The molecule has 1 saturated heterocycles. The van der Waals surface area contributed by atoms with E-state index in [9.17, 15) is 9.59 Å². The summed E-state index contributed by atoms with van der Waals surface area (Å²) in [5.74, 6) is 0.285. The van der Waals surface area contributed by atoms with Gasteiger partial charge in [-0.1, -0.05) is 42.8 Å². The summed E-state index contributed by atoms with van der Waals surface area (Å²) in [4.78, 5) is 34.0. The average molecular weight is 404 g/mol. The molecule has 30 heavy (non-hydrogen) atoms. The smallest absolute Gasteiger partial charge is 0.228 e. The van der Waals surface area contributed by atoms with E-state index in [1.807, 2.05) is 28.1 Å². The summed E-state index contributed by atoms with van der Waals surface area (Å²) in [5, 5.41) is 0. The highest BCUT2D eigenvalue weighted by Gasteiger charge is 2.35. The van der Waals surface area contributed by atoms with Crippen molar-refractivity contribution in [1.29, 1.82) is 0 Å². The maximum Gasteiger partial charge on any atom is 0.228 e. The maximum atomic E-state index is 13.2. The Balaban J connectivity index is 1.50. The minimum Gasteiger partial charge on any atom is -0.340 e. The monoisotopic (exact) mass is 403 g/mol. The highest BCUT2D eigenvalue weighted by Crippen LogP contribution is 2.29. The van der Waals surface area contributed by atoms with Crippen LogP contribution in [0.25, 0.3) is 11.1 Å². The SMILES string of the molecule is C=CCN1CCN(C(=O)C2CCC2)C[C@@H](Cc2ccc(-c3cccnc3)cc2)C1=O. The van der Waals surface area contributed by atoms with Crippen LogP contribution in [-0.4, -0.2) is 52.8 Å². The van der Waals surface area contributed by atoms with Gasteiger partial charge in [-0.25, -0.2) is 0 Å². The molecule has 2 aromatic rings. The number of carbonyl (C=O) groups excluding carboxylic acids is 2. The van der Waals surface area contributed by atoms with Gasteiger partial charge in [0.25, 0.3) is 0 Å². The van der Waals surface area contributed by atoms with Crippen molar-refractivity contribution < 1.29 is 9.59 Å². The van der Waals surface area contributed by atoms with Crippen LogP contribution in [-0.2, 0) is 16.0 Å². The number of hydrogen-bond donors (Lipinski definition) is 0. The minimum atomic E-state index is -0.222. The summed E-state index contributed by atoms with van der Waals surface area (Å²) in [6, 6.07) is 12.3. The Morgan fingerprint density at radius 2 is 1.93 bits per heavy atom. The molecule has 4 rings (SSSR count). The molecule has 0 N–H and O–H groups in total. The quantitative estimate of drug-likeness (QED) is 0.693. The maximum absolute atomic E-state index is 13.2. The Bertz CT molecular complexity index is 890. The lowest BCUT2D eigenvalue weighted by Gasteiger charge is -2.31. The third-order valence-corrected chi connectivity index (χ3v) is 6.29. The molecule has 1 aliphatic carbocycles. The normalized spacial score (nSPS) is 19.9. The second-order valence-corrected chi connectivity index (χ2v) is 8.32. The molecular formula is C25H29N3O2. The molecule has 2 aliphatic rings. The lowest BCUT2D eigenvalue weighted by atomic mass is 9.84. The fourth-order valence-electron chi connectivity index (χ4n) is 4.30. The van der Waals surface area contributed by atoms with Crippen LogP contribution in [0.3, 0.4) is 0 Å². The zero-order valence-electron chi connectivity index (χ0n) is 17.4. The Hall–Kier alpha value is -2.95. The van der Waals surface area contributed by atoms with Crippen LogP contribution in [0.15, 0.2) is 61.4 Å². The number of benzene rings is 1. The molecule has 5 nitrogen and oxygen atoms in total. The molecule has 0 radical (unpaired) electrons. The summed E-state index contributed by atoms with van der Waals surface area (Å²) in [6.45, 7) is 6.03. The van der Waals surface area contributed by atoms with Gasteiger partial charge in [0.05, 0.1) is 5.92 Å². The summed E-state index contributed by atoms with van der Waals surface area (Å²) < 4.78 is 0. The highest BCUT2D eigenvalue weighted by atomic mass is 16.2. The average Bonchev–Trinajstić information content (AvgIpc) is 2.88. The van der Waals surface area contributed by atoms with Crippen LogP contribution >= 0.6 is 0 Å². The Labute approximate surface area is 178 Å². The van der Waals surface area contributed by atoms with Gasteiger partial charge in [0.2, 0.25) is 11.8 Å². The van der Waals surface area contributed by atoms with E-state index in [2.05, 4.69) is 35.8 Å². The van der Waals surface area contributed by atoms with E-state index >= 15 is 0 Å². The van der Waals surface area contributed by atoms with Gasteiger partial charge in [-0.15, -0.1) is 6.58 Å². The van der Waals surface area contributed by atoms with E-state index in [0.29, 0.717) is 32.6 Å². The third-order valence-electron chi connectivity index (χ3n) is 6.29. The summed E-state index contributed by atoms with van der Waals surface area (Å²) in [7, 11) is 0. The molecule has 1 aromatic carbocycles. The number of rotatable bonds is 6. The first kappa shape index (κ1) is 20.3. The van der Waals surface area contributed by atoms with Crippen molar-refractivity contribution in [1.82, 2.24) is 14.8 Å². The zero-order chi connectivity index (χ0) is 20.9. The summed E-state index contributed by atoms with van der Waals surface area (Å²) in [5.41, 5.74) is 3.29. The molecule has 0 spiro atoms. The van der Waals surface area contributed by atoms with Crippen molar-refractivity contribution in [3.63, 3.8) is 0 Å². The number of nitrogens with zero attached hydrogens (tertiary/aromatic N) is 3. The number of carbonyl (C=O) groups is 2. The van der Waals surface area contributed by atoms with Crippen LogP contribution in [0, 0.1) is 11.8 Å². The lowest BCUT2D eigenvalue weighted by Crippen LogP contribution is -2.42. The van der Waals surface area contributed by atoms with Crippen molar-refractivity contribution in [2.75, 3.05) is 26.2 Å².